The van der Waals surface area contributed by atoms with Gasteiger partial charge in [0.2, 0.25) is 0 Å². The van der Waals surface area contributed by atoms with E-state index in [0.717, 1.165) is 24.8 Å². The van der Waals surface area contributed by atoms with E-state index >= 15 is 0 Å². The minimum absolute atomic E-state index is 0.290. The minimum Gasteiger partial charge on any atom is -0.368 e. The van der Waals surface area contributed by atoms with Gasteiger partial charge in [-0.2, -0.15) is 0 Å². The summed E-state index contributed by atoms with van der Waals surface area (Å²) in [6.45, 7) is 5.03. The van der Waals surface area contributed by atoms with Crippen LogP contribution < -0.4 is 5.32 Å². The summed E-state index contributed by atoms with van der Waals surface area (Å²) in [5.74, 6) is 1.74. The van der Waals surface area contributed by atoms with Crippen molar-refractivity contribution < 1.29 is 4.39 Å². The standard InChI is InChI=1S/C15H24FN3/c1-3-13-14(16)15(19-10-18-13)17-9-8-12-6-4-11(2)5-7-12/h10-12H,3-9H2,1-2H3,(H,17,18,19). The molecule has 1 heterocycles. The Balaban J connectivity index is 1.79. The molecule has 0 atom stereocenters. The highest BCUT2D eigenvalue weighted by Crippen LogP contribution is 2.30. The van der Waals surface area contributed by atoms with E-state index in [1.165, 1.54) is 32.0 Å². The van der Waals surface area contributed by atoms with Crippen molar-refractivity contribution in [2.45, 2.75) is 52.4 Å². The highest BCUT2D eigenvalue weighted by atomic mass is 19.1. The van der Waals surface area contributed by atoms with Crippen molar-refractivity contribution in [3.63, 3.8) is 0 Å². The summed E-state index contributed by atoms with van der Waals surface area (Å²) in [7, 11) is 0. The highest BCUT2D eigenvalue weighted by Gasteiger charge is 2.18. The summed E-state index contributed by atoms with van der Waals surface area (Å²) in [6.07, 6.45) is 8.46. The van der Waals surface area contributed by atoms with Gasteiger partial charge in [0.15, 0.2) is 11.6 Å². The monoisotopic (exact) mass is 265 g/mol. The number of aryl methyl sites for hydroxylation is 1. The Hall–Kier alpha value is -1.19. The van der Waals surface area contributed by atoms with Gasteiger partial charge < -0.3 is 5.32 Å². The normalized spacial score (nSPS) is 23.3. The molecular formula is C15H24FN3. The van der Waals surface area contributed by atoms with Crippen molar-refractivity contribution in [2.24, 2.45) is 11.8 Å². The Morgan fingerprint density at radius 2 is 2.00 bits per heavy atom. The van der Waals surface area contributed by atoms with E-state index in [4.69, 9.17) is 0 Å². The van der Waals surface area contributed by atoms with Crippen LogP contribution in [0.2, 0.25) is 0 Å². The lowest BCUT2D eigenvalue weighted by Gasteiger charge is -2.26. The molecule has 1 saturated carbocycles. The number of halogens is 1. The third-order valence-corrected chi connectivity index (χ3v) is 4.18. The predicted molar refractivity (Wildman–Crippen MR) is 75.6 cm³/mol. The molecule has 0 radical (unpaired) electrons. The van der Waals surface area contributed by atoms with E-state index in [-0.39, 0.29) is 5.82 Å². The molecule has 3 nitrogen and oxygen atoms in total. The molecule has 2 rings (SSSR count). The van der Waals surface area contributed by atoms with Crippen LogP contribution in [0.25, 0.3) is 0 Å². The SMILES string of the molecule is CCc1ncnc(NCCC2CCC(C)CC2)c1F. The molecule has 0 unspecified atom stereocenters. The summed E-state index contributed by atoms with van der Waals surface area (Å²) >= 11 is 0. The van der Waals surface area contributed by atoms with Crippen molar-refractivity contribution in [3.05, 3.63) is 17.8 Å². The first-order valence-corrected chi connectivity index (χ1v) is 7.44. The largest absolute Gasteiger partial charge is 0.368 e. The Labute approximate surface area is 115 Å². The average Bonchev–Trinajstić information content (AvgIpc) is 2.43. The van der Waals surface area contributed by atoms with Gasteiger partial charge >= 0.3 is 0 Å². The zero-order valence-electron chi connectivity index (χ0n) is 12.0. The van der Waals surface area contributed by atoms with Crippen LogP contribution in [0.1, 0.15) is 51.6 Å². The van der Waals surface area contributed by atoms with Gasteiger partial charge in [-0.1, -0.05) is 39.5 Å². The van der Waals surface area contributed by atoms with Crippen LogP contribution in [0.15, 0.2) is 6.33 Å². The Morgan fingerprint density at radius 3 is 2.68 bits per heavy atom. The molecule has 1 aliphatic rings. The van der Waals surface area contributed by atoms with Crippen LogP contribution >= 0.6 is 0 Å². The summed E-state index contributed by atoms with van der Waals surface area (Å²) in [4.78, 5) is 7.92. The highest BCUT2D eigenvalue weighted by molar-refractivity contribution is 5.37. The molecule has 1 aromatic heterocycles. The molecule has 0 aromatic carbocycles. The van der Waals surface area contributed by atoms with Gasteiger partial charge in [0.25, 0.3) is 0 Å². The van der Waals surface area contributed by atoms with E-state index < -0.39 is 0 Å². The van der Waals surface area contributed by atoms with E-state index in [1.54, 1.807) is 0 Å². The molecule has 19 heavy (non-hydrogen) atoms. The lowest BCUT2D eigenvalue weighted by Crippen LogP contribution is -2.16. The van der Waals surface area contributed by atoms with Crippen molar-refractivity contribution in [1.29, 1.82) is 0 Å². The number of rotatable bonds is 5. The van der Waals surface area contributed by atoms with Gasteiger partial charge in [-0.25, -0.2) is 14.4 Å². The first-order chi connectivity index (χ1) is 9.20. The van der Waals surface area contributed by atoms with E-state index in [2.05, 4.69) is 22.2 Å². The maximum Gasteiger partial charge on any atom is 0.186 e. The average molecular weight is 265 g/mol. The molecule has 1 aliphatic carbocycles. The Morgan fingerprint density at radius 1 is 1.26 bits per heavy atom. The maximum absolute atomic E-state index is 13.9. The topological polar surface area (TPSA) is 37.8 Å². The fourth-order valence-electron chi connectivity index (χ4n) is 2.79. The molecule has 0 bridgehead atoms. The van der Waals surface area contributed by atoms with Crippen LogP contribution in [0.5, 0.6) is 0 Å². The second-order valence-corrected chi connectivity index (χ2v) is 5.68. The molecule has 0 amide bonds. The van der Waals surface area contributed by atoms with Gasteiger partial charge in [0, 0.05) is 6.54 Å². The summed E-state index contributed by atoms with van der Waals surface area (Å²) in [5.41, 5.74) is 0.490. The molecule has 4 heteroatoms. The van der Waals surface area contributed by atoms with E-state index in [1.807, 2.05) is 6.92 Å². The van der Waals surface area contributed by atoms with Gasteiger partial charge in [0.05, 0.1) is 5.69 Å². The molecular weight excluding hydrogens is 241 g/mol. The lowest BCUT2D eigenvalue weighted by molar-refractivity contribution is 0.281. The summed E-state index contributed by atoms with van der Waals surface area (Å²) in [6, 6.07) is 0. The number of aromatic nitrogens is 2. The van der Waals surface area contributed by atoms with Crippen molar-refractivity contribution in [3.8, 4) is 0 Å². The minimum atomic E-state index is -0.290. The number of hydrogen-bond acceptors (Lipinski definition) is 3. The smallest absolute Gasteiger partial charge is 0.186 e. The van der Waals surface area contributed by atoms with Gasteiger partial charge in [-0.3, -0.25) is 0 Å². The van der Waals surface area contributed by atoms with Gasteiger partial charge in [0.1, 0.15) is 6.33 Å². The van der Waals surface area contributed by atoms with Crippen LogP contribution in [0.3, 0.4) is 0 Å². The van der Waals surface area contributed by atoms with E-state index in [0.29, 0.717) is 17.9 Å². The lowest BCUT2D eigenvalue weighted by atomic mass is 9.81. The fraction of sp³-hybridized carbons (Fsp3) is 0.733. The Kier molecular flexibility index (Phi) is 5.11. The second kappa shape index (κ2) is 6.83. The third-order valence-electron chi connectivity index (χ3n) is 4.18. The van der Waals surface area contributed by atoms with Crippen molar-refractivity contribution >= 4 is 5.82 Å². The van der Waals surface area contributed by atoms with Crippen molar-refractivity contribution in [2.75, 3.05) is 11.9 Å². The summed E-state index contributed by atoms with van der Waals surface area (Å²) < 4.78 is 13.9. The quantitative estimate of drug-likeness (QED) is 0.879. The van der Waals surface area contributed by atoms with Gasteiger partial charge in [-0.05, 0) is 24.7 Å². The molecule has 0 aliphatic heterocycles. The summed E-state index contributed by atoms with van der Waals surface area (Å²) in [5, 5.41) is 3.12. The van der Waals surface area contributed by atoms with Crippen LogP contribution in [-0.4, -0.2) is 16.5 Å². The molecule has 1 aromatic rings. The zero-order chi connectivity index (χ0) is 13.7. The first kappa shape index (κ1) is 14.2. The predicted octanol–water partition coefficient (Wildman–Crippen LogP) is 3.81. The zero-order valence-corrected chi connectivity index (χ0v) is 12.0. The van der Waals surface area contributed by atoms with Crippen LogP contribution in [-0.2, 0) is 6.42 Å². The third kappa shape index (κ3) is 3.88. The van der Waals surface area contributed by atoms with Gasteiger partial charge in [-0.15, -0.1) is 0 Å². The number of anilines is 1. The molecule has 1 fully saturated rings. The van der Waals surface area contributed by atoms with Crippen LogP contribution in [0, 0.1) is 17.7 Å². The molecule has 1 N–H and O–H groups in total. The molecule has 106 valence electrons. The van der Waals surface area contributed by atoms with Crippen LogP contribution in [0.4, 0.5) is 10.2 Å². The molecule has 0 spiro atoms. The maximum atomic E-state index is 13.9. The van der Waals surface area contributed by atoms with E-state index in [9.17, 15) is 4.39 Å². The number of hydrogen-bond donors (Lipinski definition) is 1. The first-order valence-electron chi connectivity index (χ1n) is 7.44. The van der Waals surface area contributed by atoms with Crippen molar-refractivity contribution in [1.82, 2.24) is 9.97 Å². The number of nitrogens with zero attached hydrogens (tertiary/aromatic N) is 2. The Bertz CT molecular complexity index is 400. The number of nitrogens with one attached hydrogen (secondary N) is 1. The second-order valence-electron chi connectivity index (χ2n) is 5.68. The molecule has 0 saturated heterocycles. The fourth-order valence-corrected chi connectivity index (χ4v) is 2.79.